The van der Waals surface area contributed by atoms with Crippen LogP contribution in [-0.2, 0) is 6.18 Å². The number of amides is 3. The Hall–Kier alpha value is -3.75. The first-order valence-electron chi connectivity index (χ1n) is 8.49. The van der Waals surface area contributed by atoms with Gasteiger partial charge in [-0.2, -0.15) is 13.2 Å². The Bertz CT molecular complexity index is 1060. The van der Waals surface area contributed by atoms with E-state index in [2.05, 4.69) is 5.32 Å². The highest BCUT2D eigenvalue weighted by molar-refractivity contribution is 6.08. The molecule has 4 nitrogen and oxygen atoms in total. The van der Waals surface area contributed by atoms with E-state index in [1.807, 2.05) is 5.32 Å². The molecular weight excluding hydrogens is 407 g/mol. The van der Waals surface area contributed by atoms with Crippen molar-refractivity contribution in [2.75, 3.05) is 5.32 Å². The lowest BCUT2D eigenvalue weighted by atomic mass is 10.0. The van der Waals surface area contributed by atoms with Gasteiger partial charge in [-0.15, -0.1) is 0 Å². The Morgan fingerprint density at radius 2 is 1.23 bits per heavy atom. The lowest BCUT2D eigenvalue weighted by Crippen LogP contribution is -2.35. The molecule has 0 saturated heterocycles. The van der Waals surface area contributed by atoms with Crippen molar-refractivity contribution in [3.8, 4) is 11.1 Å². The highest BCUT2D eigenvalue weighted by atomic mass is 19.4. The van der Waals surface area contributed by atoms with E-state index in [0.29, 0.717) is 11.1 Å². The fraction of sp³-hybridized carbons (Fsp3) is 0.0476. The second kappa shape index (κ2) is 8.32. The van der Waals surface area contributed by atoms with Gasteiger partial charge in [0.25, 0.3) is 5.91 Å². The number of halogens is 5. The molecule has 0 heterocycles. The molecule has 3 aromatic carbocycles. The van der Waals surface area contributed by atoms with E-state index < -0.39 is 40.9 Å². The largest absolute Gasteiger partial charge is 0.416 e. The van der Waals surface area contributed by atoms with Crippen LogP contribution < -0.4 is 10.6 Å². The monoisotopic (exact) mass is 420 g/mol. The zero-order valence-corrected chi connectivity index (χ0v) is 15.1. The minimum Gasteiger partial charge on any atom is -0.308 e. The summed E-state index contributed by atoms with van der Waals surface area (Å²) in [4.78, 5) is 23.8. The maximum atomic E-state index is 13.6. The molecule has 0 bridgehead atoms. The fourth-order valence-electron chi connectivity index (χ4n) is 2.64. The summed E-state index contributed by atoms with van der Waals surface area (Å²) in [5.74, 6) is -3.47. The first-order chi connectivity index (χ1) is 14.1. The van der Waals surface area contributed by atoms with Gasteiger partial charge < -0.3 is 5.32 Å². The van der Waals surface area contributed by atoms with Crippen LogP contribution in [0.1, 0.15) is 15.9 Å². The molecule has 30 heavy (non-hydrogen) atoms. The van der Waals surface area contributed by atoms with Crippen LogP contribution in [0.5, 0.6) is 0 Å². The van der Waals surface area contributed by atoms with Gasteiger partial charge in [0.1, 0.15) is 17.2 Å². The first kappa shape index (κ1) is 21.0. The van der Waals surface area contributed by atoms with Gasteiger partial charge in [0.15, 0.2) is 0 Å². The van der Waals surface area contributed by atoms with Gasteiger partial charge in [0.05, 0.1) is 5.56 Å². The van der Waals surface area contributed by atoms with Crippen LogP contribution in [0, 0.1) is 11.6 Å². The predicted octanol–water partition coefficient (Wildman–Crippen LogP) is 5.61. The van der Waals surface area contributed by atoms with Crippen LogP contribution in [-0.4, -0.2) is 11.9 Å². The lowest BCUT2D eigenvalue weighted by Gasteiger charge is -2.10. The summed E-state index contributed by atoms with van der Waals surface area (Å²) >= 11 is 0. The molecule has 0 saturated carbocycles. The average Bonchev–Trinajstić information content (AvgIpc) is 2.68. The molecule has 0 aliphatic carbocycles. The topological polar surface area (TPSA) is 58.2 Å². The number of benzene rings is 3. The van der Waals surface area contributed by atoms with Crippen LogP contribution in [0.2, 0.25) is 0 Å². The van der Waals surface area contributed by atoms with Gasteiger partial charge in [-0.25, -0.2) is 13.6 Å². The molecule has 0 aliphatic heterocycles. The average molecular weight is 420 g/mol. The number of alkyl halides is 3. The van der Waals surface area contributed by atoms with Crippen molar-refractivity contribution in [2.24, 2.45) is 0 Å². The zero-order valence-electron chi connectivity index (χ0n) is 15.1. The Labute approximate surface area is 167 Å². The molecule has 0 spiro atoms. The number of imide groups is 1. The number of hydrogen-bond donors (Lipinski definition) is 2. The van der Waals surface area contributed by atoms with Crippen LogP contribution >= 0.6 is 0 Å². The number of nitrogens with one attached hydrogen (secondary N) is 2. The highest BCUT2D eigenvalue weighted by Gasteiger charge is 2.30. The van der Waals surface area contributed by atoms with Crippen molar-refractivity contribution < 1.29 is 31.5 Å². The van der Waals surface area contributed by atoms with Crippen molar-refractivity contribution in [3.63, 3.8) is 0 Å². The molecule has 0 unspecified atom stereocenters. The number of hydrogen-bond acceptors (Lipinski definition) is 2. The van der Waals surface area contributed by atoms with E-state index in [-0.39, 0.29) is 5.69 Å². The van der Waals surface area contributed by atoms with E-state index >= 15 is 0 Å². The molecule has 0 atom stereocenters. The van der Waals surface area contributed by atoms with Gasteiger partial charge in [-0.3, -0.25) is 10.1 Å². The molecule has 3 amide bonds. The van der Waals surface area contributed by atoms with E-state index in [4.69, 9.17) is 0 Å². The summed E-state index contributed by atoms with van der Waals surface area (Å²) in [5.41, 5.74) is -0.268. The van der Waals surface area contributed by atoms with Crippen molar-refractivity contribution in [1.29, 1.82) is 0 Å². The summed E-state index contributed by atoms with van der Waals surface area (Å²) in [6, 6.07) is 12.4. The van der Waals surface area contributed by atoms with Gasteiger partial charge in [0.2, 0.25) is 0 Å². The van der Waals surface area contributed by atoms with Gasteiger partial charge in [-0.1, -0.05) is 30.3 Å². The molecular formula is C21H13F5N2O2. The third-order valence-electron chi connectivity index (χ3n) is 4.11. The molecule has 9 heteroatoms. The number of urea groups is 1. The Balaban J connectivity index is 1.65. The minimum absolute atomic E-state index is 0.255. The SMILES string of the molecule is O=C(NC(=O)c1c(F)cccc1F)Nc1ccc(-c2ccc(C(F)(F)F)cc2)cc1. The Morgan fingerprint density at radius 3 is 1.73 bits per heavy atom. The molecule has 3 rings (SSSR count). The van der Waals surface area contributed by atoms with Crippen LogP contribution in [0.15, 0.2) is 66.7 Å². The number of anilines is 1. The van der Waals surface area contributed by atoms with E-state index in [1.54, 1.807) is 12.1 Å². The highest BCUT2D eigenvalue weighted by Crippen LogP contribution is 2.31. The molecule has 0 aliphatic rings. The predicted molar refractivity (Wildman–Crippen MR) is 99.7 cm³/mol. The summed E-state index contributed by atoms with van der Waals surface area (Å²) < 4.78 is 65.0. The number of carbonyl (C=O) groups excluding carboxylic acids is 2. The van der Waals surface area contributed by atoms with E-state index in [0.717, 1.165) is 30.3 Å². The van der Waals surface area contributed by atoms with Crippen molar-refractivity contribution >= 4 is 17.6 Å². The summed E-state index contributed by atoms with van der Waals surface area (Å²) in [7, 11) is 0. The second-order valence-electron chi connectivity index (χ2n) is 6.16. The third kappa shape index (κ3) is 4.80. The van der Waals surface area contributed by atoms with Crippen LogP contribution in [0.4, 0.5) is 32.4 Å². The normalized spacial score (nSPS) is 11.1. The molecule has 3 aromatic rings. The second-order valence-corrected chi connectivity index (χ2v) is 6.16. The fourth-order valence-corrected chi connectivity index (χ4v) is 2.64. The van der Waals surface area contributed by atoms with Crippen molar-refractivity contribution in [2.45, 2.75) is 6.18 Å². The number of rotatable bonds is 3. The standard InChI is InChI=1S/C21H13F5N2O2/c22-16-2-1-3-17(23)18(16)19(29)28-20(30)27-15-10-6-13(7-11-15)12-4-8-14(9-5-12)21(24,25)26/h1-11H,(H2,27,28,29,30). The van der Waals surface area contributed by atoms with Crippen LogP contribution in [0.25, 0.3) is 11.1 Å². The molecule has 154 valence electrons. The van der Waals surface area contributed by atoms with Crippen molar-refractivity contribution in [1.82, 2.24) is 5.32 Å². The van der Waals surface area contributed by atoms with Crippen LogP contribution in [0.3, 0.4) is 0 Å². The van der Waals surface area contributed by atoms with Crippen molar-refractivity contribution in [3.05, 3.63) is 89.5 Å². The summed E-state index contributed by atoms with van der Waals surface area (Å²) in [6.45, 7) is 0. The summed E-state index contributed by atoms with van der Waals surface area (Å²) in [6.07, 6.45) is -4.43. The minimum atomic E-state index is -4.43. The molecule has 0 radical (unpaired) electrons. The quantitative estimate of drug-likeness (QED) is 0.541. The molecule has 0 aromatic heterocycles. The molecule has 2 N–H and O–H groups in total. The maximum Gasteiger partial charge on any atom is 0.416 e. The van der Waals surface area contributed by atoms with E-state index in [9.17, 15) is 31.5 Å². The maximum absolute atomic E-state index is 13.6. The first-order valence-corrected chi connectivity index (χ1v) is 8.49. The third-order valence-corrected chi connectivity index (χ3v) is 4.11. The van der Waals surface area contributed by atoms with Gasteiger partial charge in [0, 0.05) is 5.69 Å². The van der Waals surface area contributed by atoms with Gasteiger partial charge >= 0.3 is 12.2 Å². The number of carbonyl (C=O) groups is 2. The van der Waals surface area contributed by atoms with Gasteiger partial charge in [-0.05, 0) is 47.5 Å². The molecule has 0 fully saturated rings. The Kier molecular flexibility index (Phi) is 5.81. The smallest absolute Gasteiger partial charge is 0.308 e. The zero-order chi connectivity index (χ0) is 21.9. The van der Waals surface area contributed by atoms with E-state index in [1.165, 1.54) is 24.3 Å². The summed E-state index contributed by atoms with van der Waals surface area (Å²) in [5, 5.41) is 4.14. The lowest BCUT2D eigenvalue weighted by molar-refractivity contribution is -0.137. The Morgan fingerprint density at radius 1 is 0.733 bits per heavy atom.